The fourth-order valence-corrected chi connectivity index (χ4v) is 3.21. The molecule has 0 spiro atoms. The standard InChI is InChI=1S/C17H28FNO3Si/c1-7-21-15(20)11-14(22-23(5,6)17(2,3)4)12-9-8-10-13(19)16(12)18/h8-10,14H,7,11,19H2,1-6H3. The minimum absolute atomic E-state index is 0.0271. The molecule has 23 heavy (non-hydrogen) atoms. The molecule has 0 amide bonds. The normalized spacial score (nSPS) is 13.7. The van der Waals surface area contributed by atoms with Crippen molar-refractivity contribution in [2.24, 2.45) is 0 Å². The molecule has 130 valence electrons. The van der Waals surface area contributed by atoms with Crippen LogP contribution in [0.4, 0.5) is 10.1 Å². The Labute approximate surface area is 139 Å². The van der Waals surface area contributed by atoms with Crippen molar-refractivity contribution in [2.45, 2.75) is 58.4 Å². The minimum Gasteiger partial charge on any atom is -0.466 e. The Morgan fingerprint density at radius 2 is 1.96 bits per heavy atom. The van der Waals surface area contributed by atoms with Gasteiger partial charge in [0, 0.05) is 5.56 Å². The smallest absolute Gasteiger partial charge is 0.308 e. The molecule has 1 aromatic rings. The highest BCUT2D eigenvalue weighted by Gasteiger charge is 2.40. The predicted molar refractivity (Wildman–Crippen MR) is 93.1 cm³/mol. The van der Waals surface area contributed by atoms with Gasteiger partial charge in [0.1, 0.15) is 0 Å². The van der Waals surface area contributed by atoms with Crippen molar-refractivity contribution in [3.05, 3.63) is 29.6 Å². The number of benzene rings is 1. The Hall–Kier alpha value is -1.40. The van der Waals surface area contributed by atoms with E-state index in [0.29, 0.717) is 5.56 Å². The SMILES string of the molecule is CCOC(=O)CC(O[Si](C)(C)C(C)(C)C)c1cccc(N)c1F. The molecule has 0 aromatic heterocycles. The maximum Gasteiger partial charge on any atom is 0.308 e. The predicted octanol–water partition coefficient (Wildman–Crippen LogP) is 4.42. The maximum absolute atomic E-state index is 14.4. The average molecular weight is 341 g/mol. The molecule has 2 N–H and O–H groups in total. The molecular weight excluding hydrogens is 313 g/mol. The molecule has 0 aliphatic carbocycles. The van der Waals surface area contributed by atoms with Gasteiger partial charge >= 0.3 is 5.97 Å². The van der Waals surface area contributed by atoms with E-state index in [1.54, 1.807) is 19.1 Å². The minimum atomic E-state index is -2.20. The highest BCUT2D eigenvalue weighted by atomic mass is 28.4. The van der Waals surface area contributed by atoms with Crippen molar-refractivity contribution < 1.29 is 18.3 Å². The van der Waals surface area contributed by atoms with Gasteiger partial charge < -0.3 is 14.9 Å². The lowest BCUT2D eigenvalue weighted by molar-refractivity contribution is -0.145. The van der Waals surface area contributed by atoms with Gasteiger partial charge in [-0.2, -0.15) is 0 Å². The largest absolute Gasteiger partial charge is 0.466 e. The van der Waals surface area contributed by atoms with Crippen molar-refractivity contribution in [1.29, 1.82) is 0 Å². The summed E-state index contributed by atoms with van der Waals surface area (Å²) in [6.07, 6.45) is -0.723. The second-order valence-electron chi connectivity index (χ2n) is 7.13. The molecule has 1 unspecified atom stereocenters. The fourth-order valence-electron chi connectivity index (χ4n) is 1.94. The monoisotopic (exact) mass is 341 g/mol. The van der Waals surface area contributed by atoms with Crippen LogP contribution in [-0.4, -0.2) is 20.9 Å². The van der Waals surface area contributed by atoms with Gasteiger partial charge in [-0.1, -0.05) is 32.9 Å². The highest BCUT2D eigenvalue weighted by molar-refractivity contribution is 6.74. The summed E-state index contributed by atoms with van der Waals surface area (Å²) in [4.78, 5) is 11.9. The summed E-state index contributed by atoms with van der Waals surface area (Å²) in [5, 5.41) is -0.0588. The first kappa shape index (κ1) is 19.6. The van der Waals surface area contributed by atoms with Gasteiger partial charge in [0.25, 0.3) is 0 Å². The van der Waals surface area contributed by atoms with Crippen LogP contribution in [0.3, 0.4) is 0 Å². The van der Waals surface area contributed by atoms with E-state index in [4.69, 9.17) is 14.9 Å². The molecule has 0 saturated heterocycles. The number of nitrogen functional groups attached to an aromatic ring is 1. The number of carbonyl (C=O) groups is 1. The molecule has 0 saturated carbocycles. The molecule has 0 aliphatic heterocycles. The van der Waals surface area contributed by atoms with Crippen LogP contribution in [0.1, 0.15) is 45.8 Å². The number of rotatable bonds is 6. The molecule has 6 heteroatoms. The summed E-state index contributed by atoms with van der Waals surface area (Å²) in [5.74, 6) is -0.932. The maximum atomic E-state index is 14.4. The molecule has 1 atom stereocenters. The first-order chi connectivity index (χ1) is 10.5. The molecular formula is C17H28FNO3Si. The van der Waals surface area contributed by atoms with E-state index in [1.807, 2.05) is 0 Å². The number of ether oxygens (including phenoxy) is 1. The van der Waals surface area contributed by atoms with Crippen LogP contribution in [0.2, 0.25) is 18.1 Å². The van der Waals surface area contributed by atoms with Crippen molar-refractivity contribution >= 4 is 20.0 Å². The third-order valence-electron chi connectivity index (χ3n) is 4.31. The third kappa shape index (κ3) is 5.04. The molecule has 4 nitrogen and oxygen atoms in total. The molecule has 0 radical (unpaired) electrons. The van der Waals surface area contributed by atoms with Crippen molar-refractivity contribution in [1.82, 2.24) is 0 Å². The first-order valence-electron chi connectivity index (χ1n) is 7.87. The summed E-state index contributed by atoms with van der Waals surface area (Å²) < 4.78 is 25.7. The molecule has 0 bridgehead atoms. The zero-order chi connectivity index (χ0) is 17.8. The van der Waals surface area contributed by atoms with Crippen LogP contribution in [0.25, 0.3) is 0 Å². The van der Waals surface area contributed by atoms with Crippen LogP contribution in [-0.2, 0) is 14.0 Å². The van der Waals surface area contributed by atoms with Gasteiger partial charge in [0.05, 0.1) is 24.8 Å². The first-order valence-corrected chi connectivity index (χ1v) is 10.8. The fraction of sp³-hybridized carbons (Fsp3) is 0.588. The van der Waals surface area contributed by atoms with Crippen molar-refractivity contribution in [2.75, 3.05) is 12.3 Å². The van der Waals surface area contributed by atoms with Gasteiger partial charge in [0.2, 0.25) is 0 Å². The molecule has 0 fully saturated rings. The third-order valence-corrected chi connectivity index (χ3v) is 8.79. The Morgan fingerprint density at radius 1 is 1.35 bits per heavy atom. The highest BCUT2D eigenvalue weighted by Crippen LogP contribution is 2.41. The number of hydrogen-bond acceptors (Lipinski definition) is 4. The van der Waals surface area contributed by atoms with Crippen molar-refractivity contribution in [3.8, 4) is 0 Å². The summed E-state index contributed by atoms with van der Waals surface area (Å²) in [6.45, 7) is 12.4. The molecule has 0 aliphatic rings. The molecule has 1 aromatic carbocycles. The summed E-state index contributed by atoms with van der Waals surface area (Å²) in [5.41, 5.74) is 6.02. The van der Waals surface area contributed by atoms with Gasteiger partial charge in [-0.05, 0) is 31.1 Å². The average Bonchev–Trinajstić information content (AvgIpc) is 2.40. The van der Waals surface area contributed by atoms with Crippen LogP contribution in [0.15, 0.2) is 18.2 Å². The number of halogens is 1. The van der Waals surface area contributed by atoms with Gasteiger partial charge in [-0.15, -0.1) is 0 Å². The van der Waals surface area contributed by atoms with Crippen LogP contribution < -0.4 is 5.73 Å². The Kier molecular flexibility index (Phi) is 6.36. The van der Waals surface area contributed by atoms with Gasteiger partial charge in [-0.3, -0.25) is 4.79 Å². The number of hydrogen-bond donors (Lipinski definition) is 1. The van der Waals surface area contributed by atoms with Crippen molar-refractivity contribution in [3.63, 3.8) is 0 Å². The van der Waals surface area contributed by atoms with E-state index in [1.165, 1.54) is 6.07 Å². The van der Waals surface area contributed by atoms with E-state index in [9.17, 15) is 9.18 Å². The quantitative estimate of drug-likeness (QED) is 0.472. The molecule has 1 rings (SSSR count). The zero-order valence-electron chi connectivity index (χ0n) is 14.9. The van der Waals surface area contributed by atoms with E-state index in [0.717, 1.165) is 0 Å². The Balaban J connectivity index is 3.17. The number of anilines is 1. The summed E-state index contributed by atoms with van der Waals surface area (Å²) in [6, 6.07) is 4.77. The number of esters is 1. The van der Waals surface area contributed by atoms with Gasteiger partial charge in [0.15, 0.2) is 14.1 Å². The number of nitrogens with two attached hydrogens (primary N) is 1. The lowest BCUT2D eigenvalue weighted by Crippen LogP contribution is -2.42. The van der Waals surface area contributed by atoms with Crippen LogP contribution in [0, 0.1) is 5.82 Å². The van der Waals surface area contributed by atoms with E-state index >= 15 is 0 Å². The lowest BCUT2D eigenvalue weighted by atomic mass is 10.1. The van der Waals surface area contributed by atoms with E-state index < -0.39 is 26.2 Å². The Bertz CT molecular complexity index is 555. The van der Waals surface area contributed by atoms with Gasteiger partial charge in [-0.25, -0.2) is 4.39 Å². The topological polar surface area (TPSA) is 61.5 Å². The second kappa shape index (κ2) is 7.44. The van der Waals surface area contributed by atoms with Crippen LogP contribution >= 0.6 is 0 Å². The van der Waals surface area contributed by atoms with Crippen LogP contribution in [0.5, 0.6) is 0 Å². The second-order valence-corrected chi connectivity index (χ2v) is 11.9. The zero-order valence-corrected chi connectivity index (χ0v) is 15.9. The number of carbonyl (C=O) groups excluding carboxylic acids is 1. The lowest BCUT2D eigenvalue weighted by Gasteiger charge is -2.39. The van der Waals surface area contributed by atoms with E-state index in [2.05, 4.69) is 33.9 Å². The van der Waals surface area contributed by atoms with E-state index in [-0.39, 0.29) is 23.8 Å². The summed E-state index contributed by atoms with van der Waals surface area (Å²) >= 11 is 0. The molecule has 0 heterocycles. The Morgan fingerprint density at radius 3 is 2.48 bits per heavy atom. The summed E-state index contributed by atoms with van der Waals surface area (Å²) in [7, 11) is -2.20.